The van der Waals surface area contributed by atoms with Crippen molar-refractivity contribution in [3.63, 3.8) is 0 Å². The summed E-state index contributed by atoms with van der Waals surface area (Å²) >= 11 is 0. The van der Waals surface area contributed by atoms with Gasteiger partial charge in [-0.2, -0.15) is 5.10 Å². The Balaban J connectivity index is 1.58. The molecule has 1 atom stereocenters. The number of morpholine rings is 1. The summed E-state index contributed by atoms with van der Waals surface area (Å²) in [5.41, 5.74) is 0. The number of nitrogens with zero attached hydrogens (tertiary/aromatic N) is 3. The van der Waals surface area contributed by atoms with Gasteiger partial charge in [0.15, 0.2) is 17.9 Å². The Hall–Kier alpha value is -1.02. The molecule has 0 bridgehead atoms. The minimum Gasteiger partial charge on any atom is -0.368 e. The predicted octanol–water partition coefficient (Wildman–Crippen LogP) is 0.674. The van der Waals surface area contributed by atoms with Crippen LogP contribution in [0.1, 0.15) is 37.5 Å². The summed E-state index contributed by atoms with van der Waals surface area (Å²) in [5, 5.41) is 7.23. The van der Waals surface area contributed by atoms with Crippen LogP contribution in [-0.4, -0.2) is 65.8 Å². The Morgan fingerprint density at radius 3 is 2.75 bits per heavy atom. The molecule has 0 radical (unpaired) electrons. The second-order valence-corrected chi connectivity index (χ2v) is 5.52. The zero-order chi connectivity index (χ0) is 13.9. The minimum absolute atomic E-state index is 0.0508. The van der Waals surface area contributed by atoms with E-state index < -0.39 is 0 Å². The topological polar surface area (TPSA) is 72.5 Å². The van der Waals surface area contributed by atoms with Crippen LogP contribution in [0.4, 0.5) is 0 Å². The fourth-order valence-electron chi connectivity index (χ4n) is 2.45. The quantitative estimate of drug-likeness (QED) is 0.875. The molecule has 20 heavy (non-hydrogen) atoms. The van der Waals surface area contributed by atoms with Gasteiger partial charge in [0.1, 0.15) is 6.10 Å². The van der Waals surface area contributed by atoms with E-state index in [0.717, 1.165) is 31.3 Å². The summed E-state index contributed by atoms with van der Waals surface area (Å²) in [6.07, 6.45) is -0.153. The van der Waals surface area contributed by atoms with Crippen LogP contribution in [0.25, 0.3) is 0 Å². The molecule has 1 aromatic heterocycles. The lowest BCUT2D eigenvalue weighted by Crippen LogP contribution is -2.42. The molecule has 112 valence electrons. The standard InChI is InChI=1S/C13H22N4O3/c1-9(2)12-14-13(16-15-12)10-7-17(3-4-18-10)8-11-19-5-6-20-11/h9-11H,3-8H2,1-2H3,(H,14,15,16). The van der Waals surface area contributed by atoms with E-state index in [9.17, 15) is 0 Å². The molecular formula is C13H22N4O3. The Bertz CT molecular complexity index is 431. The van der Waals surface area contributed by atoms with E-state index in [0.29, 0.717) is 25.7 Å². The van der Waals surface area contributed by atoms with Gasteiger partial charge in [-0.15, -0.1) is 0 Å². The van der Waals surface area contributed by atoms with Gasteiger partial charge in [0.2, 0.25) is 0 Å². The second kappa shape index (κ2) is 6.17. The lowest BCUT2D eigenvalue weighted by atomic mass is 10.2. The monoisotopic (exact) mass is 282 g/mol. The third-order valence-corrected chi connectivity index (χ3v) is 3.59. The van der Waals surface area contributed by atoms with Gasteiger partial charge >= 0.3 is 0 Å². The number of hydrogen-bond acceptors (Lipinski definition) is 6. The van der Waals surface area contributed by atoms with E-state index in [-0.39, 0.29) is 12.4 Å². The first-order valence-electron chi connectivity index (χ1n) is 7.21. The van der Waals surface area contributed by atoms with Crippen LogP contribution in [0.3, 0.4) is 0 Å². The molecule has 0 spiro atoms. The van der Waals surface area contributed by atoms with Gasteiger partial charge in [0, 0.05) is 25.6 Å². The molecule has 7 heteroatoms. The lowest BCUT2D eigenvalue weighted by Gasteiger charge is -2.32. The van der Waals surface area contributed by atoms with Crippen LogP contribution >= 0.6 is 0 Å². The highest BCUT2D eigenvalue weighted by Crippen LogP contribution is 2.21. The maximum absolute atomic E-state index is 5.79. The Kier molecular flexibility index (Phi) is 4.30. The molecule has 2 aliphatic rings. The maximum atomic E-state index is 5.79. The van der Waals surface area contributed by atoms with Crippen molar-refractivity contribution in [1.82, 2.24) is 20.1 Å². The van der Waals surface area contributed by atoms with Crippen molar-refractivity contribution in [3.8, 4) is 0 Å². The van der Waals surface area contributed by atoms with Crippen molar-refractivity contribution >= 4 is 0 Å². The normalized spacial score (nSPS) is 25.6. The number of H-pyrrole nitrogens is 1. The highest BCUT2D eigenvalue weighted by Gasteiger charge is 2.28. The van der Waals surface area contributed by atoms with Crippen LogP contribution in [0.2, 0.25) is 0 Å². The molecule has 0 saturated carbocycles. The first-order chi connectivity index (χ1) is 9.72. The smallest absolute Gasteiger partial charge is 0.170 e. The molecule has 7 nitrogen and oxygen atoms in total. The summed E-state index contributed by atoms with van der Waals surface area (Å²) in [4.78, 5) is 6.81. The van der Waals surface area contributed by atoms with Gasteiger partial charge in [-0.25, -0.2) is 4.98 Å². The van der Waals surface area contributed by atoms with E-state index in [2.05, 4.69) is 33.9 Å². The van der Waals surface area contributed by atoms with E-state index in [1.54, 1.807) is 0 Å². The fraction of sp³-hybridized carbons (Fsp3) is 0.846. The number of hydrogen-bond donors (Lipinski definition) is 1. The molecular weight excluding hydrogens is 260 g/mol. The van der Waals surface area contributed by atoms with Gasteiger partial charge in [-0.05, 0) is 0 Å². The van der Waals surface area contributed by atoms with Crippen molar-refractivity contribution in [1.29, 1.82) is 0 Å². The van der Waals surface area contributed by atoms with Gasteiger partial charge in [-0.1, -0.05) is 13.8 Å². The van der Waals surface area contributed by atoms with Gasteiger partial charge in [0.05, 0.1) is 19.8 Å². The van der Waals surface area contributed by atoms with E-state index in [4.69, 9.17) is 14.2 Å². The second-order valence-electron chi connectivity index (χ2n) is 5.52. The highest BCUT2D eigenvalue weighted by atomic mass is 16.7. The van der Waals surface area contributed by atoms with E-state index >= 15 is 0 Å². The Labute approximate surface area is 118 Å². The van der Waals surface area contributed by atoms with Crippen molar-refractivity contribution in [2.24, 2.45) is 0 Å². The molecule has 0 amide bonds. The number of nitrogens with one attached hydrogen (secondary N) is 1. The zero-order valence-corrected chi connectivity index (χ0v) is 12.0. The molecule has 1 aromatic rings. The van der Waals surface area contributed by atoms with Crippen molar-refractivity contribution in [3.05, 3.63) is 11.6 Å². The zero-order valence-electron chi connectivity index (χ0n) is 12.0. The molecule has 2 aliphatic heterocycles. The first-order valence-corrected chi connectivity index (χ1v) is 7.21. The molecule has 2 saturated heterocycles. The third-order valence-electron chi connectivity index (χ3n) is 3.59. The van der Waals surface area contributed by atoms with Crippen LogP contribution in [-0.2, 0) is 14.2 Å². The van der Waals surface area contributed by atoms with Gasteiger partial charge in [-0.3, -0.25) is 10.00 Å². The van der Waals surface area contributed by atoms with Crippen molar-refractivity contribution in [2.45, 2.75) is 32.2 Å². The van der Waals surface area contributed by atoms with Crippen molar-refractivity contribution in [2.75, 3.05) is 39.5 Å². The van der Waals surface area contributed by atoms with Gasteiger partial charge in [0.25, 0.3) is 0 Å². The summed E-state index contributed by atoms with van der Waals surface area (Å²) < 4.78 is 16.8. The lowest BCUT2D eigenvalue weighted by molar-refractivity contribution is -0.0942. The number of aromatic nitrogens is 3. The average Bonchev–Trinajstić information content (AvgIpc) is 3.09. The Morgan fingerprint density at radius 1 is 1.25 bits per heavy atom. The van der Waals surface area contributed by atoms with E-state index in [1.807, 2.05) is 0 Å². The number of rotatable bonds is 4. The fourth-order valence-corrected chi connectivity index (χ4v) is 2.45. The Morgan fingerprint density at radius 2 is 2.05 bits per heavy atom. The number of ether oxygens (including phenoxy) is 3. The SMILES string of the molecule is CC(C)c1n[nH]c(C2CN(CC3OCCO3)CCO2)n1. The molecule has 1 N–H and O–H groups in total. The average molecular weight is 282 g/mol. The molecule has 0 aliphatic carbocycles. The third kappa shape index (κ3) is 3.17. The first kappa shape index (κ1) is 13.9. The van der Waals surface area contributed by atoms with Crippen LogP contribution in [0.15, 0.2) is 0 Å². The van der Waals surface area contributed by atoms with Crippen LogP contribution in [0.5, 0.6) is 0 Å². The van der Waals surface area contributed by atoms with Crippen molar-refractivity contribution < 1.29 is 14.2 Å². The summed E-state index contributed by atoms with van der Waals surface area (Å²) in [6.45, 7) is 8.70. The molecule has 2 fully saturated rings. The highest BCUT2D eigenvalue weighted by molar-refractivity contribution is 4.99. The predicted molar refractivity (Wildman–Crippen MR) is 71.3 cm³/mol. The van der Waals surface area contributed by atoms with Crippen LogP contribution < -0.4 is 0 Å². The molecule has 0 aromatic carbocycles. The summed E-state index contributed by atoms with van der Waals surface area (Å²) in [6, 6.07) is 0. The summed E-state index contributed by atoms with van der Waals surface area (Å²) in [5.74, 6) is 1.97. The van der Waals surface area contributed by atoms with E-state index in [1.165, 1.54) is 0 Å². The van der Waals surface area contributed by atoms with Crippen LogP contribution in [0, 0.1) is 0 Å². The molecule has 3 heterocycles. The molecule has 1 unspecified atom stereocenters. The summed E-state index contributed by atoms with van der Waals surface area (Å²) in [7, 11) is 0. The largest absolute Gasteiger partial charge is 0.368 e. The maximum Gasteiger partial charge on any atom is 0.170 e. The minimum atomic E-state index is -0.102. The molecule has 3 rings (SSSR count). The number of aromatic amines is 1. The van der Waals surface area contributed by atoms with Gasteiger partial charge < -0.3 is 14.2 Å².